The van der Waals surface area contributed by atoms with Crippen molar-refractivity contribution in [2.45, 2.75) is 11.8 Å². The van der Waals surface area contributed by atoms with E-state index in [-0.39, 0.29) is 16.5 Å². The number of nitrogens with zero attached hydrogens (tertiary/aromatic N) is 2. The number of benzene rings is 2. The molecule has 2 N–H and O–H groups in total. The van der Waals surface area contributed by atoms with Crippen LogP contribution in [0.4, 0.5) is 0 Å². The highest BCUT2D eigenvalue weighted by atomic mass is 32.2. The van der Waals surface area contributed by atoms with E-state index in [1.165, 1.54) is 19.2 Å². The number of hydrogen-bond donors (Lipinski definition) is 2. The molecule has 0 unspecified atom stereocenters. The monoisotopic (exact) mass is 345 g/mol. The van der Waals surface area contributed by atoms with Gasteiger partial charge < -0.3 is 9.84 Å². The number of ether oxygens (including phenoxy) is 1. The van der Waals surface area contributed by atoms with Gasteiger partial charge in [-0.2, -0.15) is 13.5 Å². The highest BCUT2D eigenvalue weighted by molar-refractivity contribution is 7.90. The summed E-state index contributed by atoms with van der Waals surface area (Å²) >= 11 is 0. The standard InChI is InChI=1S/C16H15N3O4S/c1-10(13-9-11(23-2)7-8-14(13)20)17-18-16-12-5-3-4-6-15(12)24(21,22)19-16/h3-9,20H,1-2H3,(H,18,19)/b17-10+. The molecule has 2 aromatic carbocycles. The van der Waals surface area contributed by atoms with Crippen LogP contribution in [0.3, 0.4) is 0 Å². The lowest BCUT2D eigenvalue weighted by molar-refractivity contribution is 0.412. The van der Waals surface area contributed by atoms with E-state index in [1.54, 1.807) is 37.3 Å². The molecule has 7 nitrogen and oxygen atoms in total. The Balaban J connectivity index is 1.92. The first-order valence-corrected chi connectivity index (χ1v) is 8.48. The summed E-state index contributed by atoms with van der Waals surface area (Å²) in [7, 11) is -2.18. The van der Waals surface area contributed by atoms with Gasteiger partial charge in [0.05, 0.1) is 12.8 Å². The Morgan fingerprint density at radius 2 is 2.00 bits per heavy atom. The molecular weight excluding hydrogens is 330 g/mol. The molecule has 2 aromatic rings. The number of aromatic hydroxyl groups is 1. The fourth-order valence-corrected chi connectivity index (χ4v) is 3.49. The zero-order chi connectivity index (χ0) is 17.3. The number of sulfonamides is 1. The lowest BCUT2D eigenvalue weighted by atomic mass is 10.1. The number of nitrogens with one attached hydrogen (secondary N) is 1. The Morgan fingerprint density at radius 1 is 1.25 bits per heavy atom. The third-order valence-corrected chi connectivity index (χ3v) is 4.89. The molecule has 0 fully saturated rings. The fourth-order valence-electron chi connectivity index (χ4n) is 2.32. The summed E-state index contributed by atoms with van der Waals surface area (Å²) < 4.78 is 32.8. The minimum absolute atomic E-state index is 0.0419. The van der Waals surface area contributed by atoms with E-state index in [4.69, 9.17) is 4.74 Å². The number of fused-ring (bicyclic) bond motifs is 1. The predicted molar refractivity (Wildman–Crippen MR) is 90.2 cm³/mol. The summed E-state index contributed by atoms with van der Waals surface area (Å²) in [5, 5.41) is 14.1. The van der Waals surface area contributed by atoms with Crippen LogP contribution in [0.5, 0.6) is 11.5 Å². The Hall–Kier alpha value is -2.87. The molecule has 0 saturated heterocycles. The van der Waals surface area contributed by atoms with Gasteiger partial charge in [0, 0.05) is 11.1 Å². The molecule has 0 radical (unpaired) electrons. The van der Waals surface area contributed by atoms with Crippen molar-refractivity contribution in [2.24, 2.45) is 9.50 Å². The molecular formula is C16H15N3O4S. The maximum atomic E-state index is 12.0. The van der Waals surface area contributed by atoms with Gasteiger partial charge in [0.25, 0.3) is 10.0 Å². The van der Waals surface area contributed by atoms with Crippen molar-refractivity contribution >= 4 is 21.6 Å². The van der Waals surface area contributed by atoms with Gasteiger partial charge in [-0.15, -0.1) is 4.40 Å². The van der Waals surface area contributed by atoms with E-state index in [9.17, 15) is 13.5 Å². The smallest absolute Gasteiger partial charge is 0.285 e. The maximum Gasteiger partial charge on any atom is 0.285 e. The summed E-state index contributed by atoms with van der Waals surface area (Å²) in [6.07, 6.45) is 0. The molecule has 0 aliphatic carbocycles. The van der Waals surface area contributed by atoms with Gasteiger partial charge in [-0.05, 0) is 37.3 Å². The molecule has 8 heteroatoms. The highest BCUT2D eigenvalue weighted by Gasteiger charge is 2.28. The minimum atomic E-state index is -3.70. The number of amidine groups is 1. The third kappa shape index (κ3) is 2.83. The van der Waals surface area contributed by atoms with Gasteiger partial charge in [-0.1, -0.05) is 12.1 Å². The first-order chi connectivity index (χ1) is 11.4. The Labute approximate surface area is 139 Å². The van der Waals surface area contributed by atoms with Crippen LogP contribution in [-0.2, 0) is 10.0 Å². The quantitative estimate of drug-likeness (QED) is 0.653. The lowest BCUT2D eigenvalue weighted by Gasteiger charge is -2.08. The lowest BCUT2D eigenvalue weighted by Crippen LogP contribution is -2.19. The molecule has 1 aliphatic heterocycles. The van der Waals surface area contributed by atoms with Gasteiger partial charge >= 0.3 is 0 Å². The van der Waals surface area contributed by atoms with Crippen molar-refractivity contribution in [3.63, 3.8) is 0 Å². The summed E-state index contributed by atoms with van der Waals surface area (Å²) in [4.78, 5) is 0.143. The van der Waals surface area contributed by atoms with E-state index in [0.717, 1.165) is 0 Å². The van der Waals surface area contributed by atoms with E-state index < -0.39 is 10.0 Å². The summed E-state index contributed by atoms with van der Waals surface area (Å²) in [5.74, 6) is 0.760. The largest absolute Gasteiger partial charge is 0.507 e. The van der Waals surface area contributed by atoms with Crippen LogP contribution in [0.25, 0.3) is 0 Å². The summed E-state index contributed by atoms with van der Waals surface area (Å²) in [6.45, 7) is 1.68. The predicted octanol–water partition coefficient (Wildman–Crippen LogP) is 1.86. The number of phenols is 1. The Morgan fingerprint density at radius 3 is 2.75 bits per heavy atom. The maximum absolute atomic E-state index is 12.0. The second-order valence-electron chi connectivity index (χ2n) is 5.10. The van der Waals surface area contributed by atoms with E-state index in [0.29, 0.717) is 22.6 Å². The molecule has 0 aromatic heterocycles. The molecule has 1 heterocycles. The van der Waals surface area contributed by atoms with E-state index in [2.05, 4.69) is 14.9 Å². The topological polar surface area (TPSA) is 100 Å². The molecule has 1 aliphatic rings. The van der Waals surface area contributed by atoms with E-state index in [1.807, 2.05) is 0 Å². The summed E-state index contributed by atoms with van der Waals surface area (Å²) in [5.41, 5.74) is 4.05. The van der Waals surface area contributed by atoms with Crippen LogP contribution >= 0.6 is 0 Å². The average Bonchev–Trinajstić information content (AvgIpc) is 2.84. The normalized spacial score (nSPS) is 15.6. The minimum Gasteiger partial charge on any atom is -0.507 e. The van der Waals surface area contributed by atoms with Crippen molar-refractivity contribution in [1.82, 2.24) is 5.43 Å². The molecule has 3 rings (SSSR count). The Kier molecular flexibility index (Phi) is 3.98. The van der Waals surface area contributed by atoms with Crippen LogP contribution in [0.2, 0.25) is 0 Å². The van der Waals surface area contributed by atoms with Crippen molar-refractivity contribution < 1.29 is 18.3 Å². The van der Waals surface area contributed by atoms with Gasteiger partial charge in [-0.3, -0.25) is 5.43 Å². The van der Waals surface area contributed by atoms with Crippen LogP contribution in [0, 0.1) is 0 Å². The zero-order valence-electron chi connectivity index (χ0n) is 13.0. The molecule has 0 atom stereocenters. The molecule has 0 spiro atoms. The second kappa shape index (κ2) is 5.97. The van der Waals surface area contributed by atoms with Gasteiger partial charge in [0.2, 0.25) is 0 Å². The van der Waals surface area contributed by atoms with Gasteiger partial charge in [0.1, 0.15) is 16.4 Å². The molecule has 24 heavy (non-hydrogen) atoms. The number of phenolic OH excluding ortho intramolecular Hbond substituents is 1. The zero-order valence-corrected chi connectivity index (χ0v) is 13.8. The molecule has 124 valence electrons. The van der Waals surface area contributed by atoms with Crippen LogP contribution < -0.4 is 10.2 Å². The third-order valence-electron chi connectivity index (χ3n) is 3.55. The fraction of sp³-hybridized carbons (Fsp3) is 0.125. The van der Waals surface area contributed by atoms with Crippen LogP contribution in [-0.4, -0.2) is 32.2 Å². The van der Waals surface area contributed by atoms with Crippen molar-refractivity contribution in [3.8, 4) is 11.5 Å². The first kappa shape index (κ1) is 16.0. The van der Waals surface area contributed by atoms with Crippen LogP contribution in [0.15, 0.2) is 56.9 Å². The number of hydrogen-bond acceptors (Lipinski definition) is 6. The molecule has 0 amide bonds. The number of hydrazone groups is 1. The van der Waals surface area contributed by atoms with Crippen LogP contribution in [0.1, 0.15) is 18.1 Å². The number of rotatable bonds is 3. The molecule has 0 saturated carbocycles. The van der Waals surface area contributed by atoms with Crippen molar-refractivity contribution in [3.05, 3.63) is 53.6 Å². The SMILES string of the molecule is COc1ccc(O)c(/C(C)=N/NC2=NS(=O)(=O)c3ccccc32)c1. The van der Waals surface area contributed by atoms with Crippen molar-refractivity contribution in [2.75, 3.05) is 7.11 Å². The molecule has 0 bridgehead atoms. The summed E-state index contributed by atoms with van der Waals surface area (Å²) in [6, 6.07) is 11.3. The van der Waals surface area contributed by atoms with Gasteiger partial charge in [-0.25, -0.2) is 0 Å². The van der Waals surface area contributed by atoms with Gasteiger partial charge in [0.15, 0.2) is 5.84 Å². The Bertz CT molecular complexity index is 965. The van der Waals surface area contributed by atoms with E-state index >= 15 is 0 Å². The average molecular weight is 345 g/mol. The van der Waals surface area contributed by atoms with Crippen molar-refractivity contribution in [1.29, 1.82) is 0 Å². The first-order valence-electron chi connectivity index (χ1n) is 7.04. The second-order valence-corrected chi connectivity index (χ2v) is 6.68. The highest BCUT2D eigenvalue weighted by Crippen LogP contribution is 2.26. The number of methoxy groups -OCH3 is 1.